The molecule has 2 amide bonds. The number of nitrogens with one attached hydrogen (secondary N) is 2. The summed E-state index contributed by atoms with van der Waals surface area (Å²) in [4.78, 5) is 37.9. The van der Waals surface area contributed by atoms with Crippen LogP contribution in [0, 0.1) is 10.1 Å². The van der Waals surface area contributed by atoms with Crippen molar-refractivity contribution in [1.82, 2.24) is 15.5 Å². The number of hydrogen-bond acceptors (Lipinski definition) is 7. The molecule has 1 aliphatic heterocycles. The fourth-order valence-electron chi connectivity index (χ4n) is 4.11. The highest BCUT2D eigenvalue weighted by molar-refractivity contribution is 6.25. The zero-order valence-electron chi connectivity index (χ0n) is 20.2. The molecule has 0 aliphatic carbocycles. The molecule has 1 heterocycles. The summed E-state index contributed by atoms with van der Waals surface area (Å²) in [7, 11) is 0. The van der Waals surface area contributed by atoms with Crippen molar-refractivity contribution in [2.45, 2.75) is 38.5 Å². The van der Waals surface area contributed by atoms with Crippen LogP contribution in [0.4, 0.5) is 5.69 Å². The number of imide groups is 1. The van der Waals surface area contributed by atoms with Gasteiger partial charge in [0.1, 0.15) is 0 Å². The van der Waals surface area contributed by atoms with Crippen LogP contribution in [0.1, 0.15) is 59.2 Å². The Morgan fingerprint density at radius 2 is 1.36 bits per heavy atom. The molecule has 202 valence electrons. The lowest BCUT2D eigenvalue weighted by molar-refractivity contribution is -0.384. The second-order valence-corrected chi connectivity index (χ2v) is 8.33. The van der Waals surface area contributed by atoms with E-state index in [-0.39, 0.29) is 54.4 Å². The van der Waals surface area contributed by atoms with E-state index >= 15 is 0 Å². The van der Waals surface area contributed by atoms with Gasteiger partial charge in [-0.1, -0.05) is 12.1 Å². The molecule has 3 rings (SSSR count). The van der Waals surface area contributed by atoms with Gasteiger partial charge in [-0.25, -0.2) is 0 Å². The zero-order chi connectivity index (χ0) is 23.6. The van der Waals surface area contributed by atoms with E-state index in [0.29, 0.717) is 29.3 Å². The molecule has 2 aromatic rings. The van der Waals surface area contributed by atoms with Crippen LogP contribution in [0.3, 0.4) is 0 Å². The van der Waals surface area contributed by atoms with Crippen molar-refractivity contribution in [3.05, 3.63) is 51.6 Å². The Bertz CT molecular complexity index is 1010. The van der Waals surface area contributed by atoms with Gasteiger partial charge in [0.25, 0.3) is 17.5 Å². The number of nitrogens with zero attached hydrogens (tertiary/aromatic N) is 2. The predicted molar refractivity (Wildman–Crippen MR) is 150 cm³/mol. The van der Waals surface area contributed by atoms with Gasteiger partial charge in [0.2, 0.25) is 0 Å². The topological polar surface area (TPSA) is 131 Å². The SMILES string of the molecule is Cl.Cl.Cl.NCCCCNCCCCNCCCCN1C(=O)c2cccc3cc([N+](=O)[O-])cc(c23)C1=O. The summed E-state index contributed by atoms with van der Waals surface area (Å²) in [5.41, 5.74) is 5.97. The number of unbranched alkanes of at least 4 members (excludes halogenated alkanes) is 3. The first-order valence-corrected chi connectivity index (χ1v) is 11.7. The van der Waals surface area contributed by atoms with Crippen molar-refractivity contribution in [2.75, 3.05) is 39.3 Å². The Balaban J connectivity index is 0.00000408. The third-order valence-electron chi connectivity index (χ3n) is 5.87. The maximum absolute atomic E-state index is 13.0. The summed E-state index contributed by atoms with van der Waals surface area (Å²) < 4.78 is 0. The number of hydrogen-bond donors (Lipinski definition) is 3. The molecule has 1 aliphatic rings. The van der Waals surface area contributed by atoms with Crippen molar-refractivity contribution in [1.29, 1.82) is 0 Å². The van der Waals surface area contributed by atoms with E-state index in [9.17, 15) is 19.7 Å². The average Bonchev–Trinajstić information content (AvgIpc) is 2.81. The predicted octanol–water partition coefficient (Wildman–Crippen LogP) is 4.09. The molecule has 0 saturated heterocycles. The lowest BCUT2D eigenvalue weighted by atomic mass is 9.93. The molecule has 0 spiro atoms. The largest absolute Gasteiger partial charge is 0.330 e. The van der Waals surface area contributed by atoms with Gasteiger partial charge in [0, 0.05) is 29.6 Å². The Labute approximate surface area is 230 Å². The molecule has 0 saturated carbocycles. The smallest absolute Gasteiger partial charge is 0.270 e. The summed E-state index contributed by atoms with van der Waals surface area (Å²) in [6.45, 7) is 4.83. The third-order valence-corrected chi connectivity index (χ3v) is 5.87. The van der Waals surface area contributed by atoms with Gasteiger partial charge in [-0.2, -0.15) is 0 Å². The minimum atomic E-state index is -0.514. The van der Waals surface area contributed by atoms with Gasteiger partial charge in [0.05, 0.1) is 10.5 Å². The minimum Gasteiger partial charge on any atom is -0.330 e. The highest BCUT2D eigenvalue weighted by Crippen LogP contribution is 2.33. The van der Waals surface area contributed by atoms with E-state index in [4.69, 9.17) is 5.73 Å². The van der Waals surface area contributed by atoms with E-state index in [1.807, 2.05) is 0 Å². The number of rotatable bonds is 15. The Kier molecular flexibility index (Phi) is 16.5. The van der Waals surface area contributed by atoms with Gasteiger partial charge in [-0.05, 0) is 82.7 Å². The molecule has 0 aromatic heterocycles. The minimum absolute atomic E-state index is 0. The molecule has 0 unspecified atom stereocenters. The number of halogens is 3. The number of carbonyl (C=O) groups is 2. The number of nitro groups is 1. The fourth-order valence-corrected chi connectivity index (χ4v) is 4.11. The summed E-state index contributed by atoms with van der Waals surface area (Å²) >= 11 is 0. The molecule has 9 nitrogen and oxygen atoms in total. The van der Waals surface area contributed by atoms with Crippen molar-refractivity contribution < 1.29 is 14.5 Å². The first kappa shape index (κ1) is 34.0. The van der Waals surface area contributed by atoms with Gasteiger partial charge in [0.15, 0.2) is 0 Å². The van der Waals surface area contributed by atoms with Crippen molar-refractivity contribution in [3.8, 4) is 0 Å². The number of nitrogens with two attached hydrogens (primary N) is 1. The molecule has 36 heavy (non-hydrogen) atoms. The van der Waals surface area contributed by atoms with Crippen molar-refractivity contribution in [2.24, 2.45) is 5.73 Å². The van der Waals surface area contributed by atoms with Crippen LogP contribution < -0.4 is 16.4 Å². The maximum Gasteiger partial charge on any atom is 0.270 e. The summed E-state index contributed by atoms with van der Waals surface area (Å²) in [5.74, 6) is -0.793. The van der Waals surface area contributed by atoms with Crippen molar-refractivity contribution >= 4 is 65.5 Å². The number of nitro benzene ring substituents is 1. The standard InChI is InChI=1S/C24H33N5O4.3ClH/c25-10-1-2-11-26-12-3-4-13-27-14-5-6-15-28-23(30)20-9-7-8-18-16-19(29(32)33)17-21(22(18)20)24(28)31;;;/h7-9,16-17,26-27H,1-6,10-15,25H2;3*1H. The molecule has 0 radical (unpaired) electrons. The highest BCUT2D eigenvalue weighted by atomic mass is 35.5. The molecular formula is C24H36Cl3N5O4. The zero-order valence-corrected chi connectivity index (χ0v) is 22.7. The Morgan fingerprint density at radius 1 is 0.806 bits per heavy atom. The third kappa shape index (κ3) is 8.83. The van der Waals surface area contributed by atoms with Crippen LogP contribution in [0.15, 0.2) is 30.3 Å². The van der Waals surface area contributed by atoms with Gasteiger partial charge in [-0.3, -0.25) is 24.6 Å². The van der Waals surface area contributed by atoms with Crippen molar-refractivity contribution in [3.63, 3.8) is 0 Å². The normalized spacial score (nSPS) is 12.1. The molecule has 0 bridgehead atoms. The molecule has 0 atom stereocenters. The van der Waals surface area contributed by atoms with Gasteiger partial charge >= 0.3 is 0 Å². The highest BCUT2D eigenvalue weighted by Gasteiger charge is 2.33. The van der Waals surface area contributed by atoms with Crippen LogP contribution in [0.2, 0.25) is 0 Å². The van der Waals surface area contributed by atoms with Gasteiger partial charge < -0.3 is 16.4 Å². The van der Waals surface area contributed by atoms with E-state index in [1.165, 1.54) is 17.0 Å². The van der Waals surface area contributed by atoms with E-state index in [0.717, 1.165) is 64.8 Å². The quantitative estimate of drug-likeness (QED) is 0.129. The number of amides is 2. The Hall–Kier alpha value is -2.01. The number of benzene rings is 2. The summed E-state index contributed by atoms with van der Waals surface area (Å²) in [6.07, 6.45) is 5.89. The monoisotopic (exact) mass is 563 g/mol. The summed E-state index contributed by atoms with van der Waals surface area (Å²) in [5, 5.41) is 19.1. The van der Waals surface area contributed by atoms with Crippen LogP contribution >= 0.6 is 37.2 Å². The van der Waals surface area contributed by atoms with E-state index in [1.54, 1.807) is 18.2 Å². The second kappa shape index (κ2) is 17.4. The molecule has 0 fully saturated rings. The van der Waals surface area contributed by atoms with E-state index < -0.39 is 10.8 Å². The Morgan fingerprint density at radius 3 is 1.94 bits per heavy atom. The van der Waals surface area contributed by atoms with E-state index in [2.05, 4.69) is 10.6 Å². The molecule has 12 heteroatoms. The lowest BCUT2D eigenvalue weighted by Crippen LogP contribution is -2.41. The second-order valence-electron chi connectivity index (χ2n) is 8.33. The number of non-ortho nitro benzene ring substituents is 1. The van der Waals surface area contributed by atoms with Crippen LogP contribution in [0.5, 0.6) is 0 Å². The first-order valence-electron chi connectivity index (χ1n) is 11.7. The summed E-state index contributed by atoms with van der Waals surface area (Å²) in [6, 6.07) is 7.74. The molecular weight excluding hydrogens is 529 g/mol. The van der Waals surface area contributed by atoms with Gasteiger partial charge in [-0.15, -0.1) is 37.2 Å². The fraction of sp³-hybridized carbons (Fsp3) is 0.500. The van der Waals surface area contributed by atoms with Crippen LogP contribution in [-0.2, 0) is 0 Å². The number of carbonyl (C=O) groups excluding carboxylic acids is 2. The first-order chi connectivity index (χ1) is 16.0. The maximum atomic E-state index is 13.0. The van der Waals surface area contributed by atoms with Crippen LogP contribution in [-0.4, -0.2) is 60.9 Å². The van der Waals surface area contributed by atoms with Crippen LogP contribution in [0.25, 0.3) is 10.8 Å². The average molecular weight is 565 g/mol. The lowest BCUT2D eigenvalue weighted by Gasteiger charge is -2.27. The molecule has 4 N–H and O–H groups in total. The molecule has 2 aromatic carbocycles.